The van der Waals surface area contributed by atoms with Crippen molar-refractivity contribution in [3.8, 4) is 34.0 Å². The highest BCUT2D eigenvalue weighted by Crippen LogP contribution is 2.37. The van der Waals surface area contributed by atoms with Crippen LogP contribution in [0.25, 0.3) is 39.4 Å². The van der Waals surface area contributed by atoms with Gasteiger partial charge in [-0.1, -0.05) is 36.9 Å². The molecule has 0 aliphatic heterocycles. The van der Waals surface area contributed by atoms with Gasteiger partial charge in [-0.15, -0.1) is 0 Å². The van der Waals surface area contributed by atoms with Gasteiger partial charge in [0.1, 0.15) is 5.69 Å². The fourth-order valence-corrected chi connectivity index (χ4v) is 9.14. The molecule has 13 nitrogen and oxygen atoms in total. The summed E-state index contributed by atoms with van der Waals surface area (Å²) in [4.78, 5) is 47.5. The van der Waals surface area contributed by atoms with Gasteiger partial charge in [0.15, 0.2) is 46.0 Å². The fourth-order valence-electron chi connectivity index (χ4n) is 9.14. The number of benzene rings is 4. The highest BCUT2D eigenvalue weighted by atomic mass is 19.4. The second-order valence-electron chi connectivity index (χ2n) is 19.9. The summed E-state index contributed by atoms with van der Waals surface area (Å²) in [6.07, 6.45) is -2.40. The standard InChI is InChI=1S/C30H28F4N4O2.C29H26F4N4O3/c1-17-12-21(6-8-22(17)27(39)13-19-4-5-19)26-16-36-29-25(35-11-10-30(32,33)34)15-24(37-38(26)29)18(2)20-7-9-28(40-3)23(31)14-20;1-16-11-18(5-7-20(16)25(38)12-17-3-4-17)24-15-35-28-23(34-10-9-29(31,32)33)14-22(36-37(24)28)27(39)19-6-8-26(40-2)21(30)13-19/h6-9,12,14-16,19,35H,2,4-5,10-11,13H2,1,3H3;5-8,11,13-15,17,34H,3-4,9-10,12H2,1-2H3. The van der Waals surface area contributed by atoms with Gasteiger partial charge in [0.2, 0.25) is 5.78 Å². The van der Waals surface area contributed by atoms with E-state index in [-0.39, 0.29) is 52.2 Å². The average Bonchev–Trinajstić information content (AvgIpc) is 4.33. The molecule has 2 fully saturated rings. The van der Waals surface area contributed by atoms with Crippen molar-refractivity contribution in [2.75, 3.05) is 37.9 Å². The third kappa shape index (κ3) is 13.2. The number of aryl methyl sites for hydroxylation is 2. The number of aromatic nitrogens is 6. The third-order valence-corrected chi connectivity index (χ3v) is 13.8. The van der Waals surface area contributed by atoms with Gasteiger partial charge in [0.05, 0.1) is 67.9 Å². The van der Waals surface area contributed by atoms with Crippen molar-refractivity contribution in [2.24, 2.45) is 11.8 Å². The molecule has 10 rings (SSSR count). The summed E-state index contributed by atoms with van der Waals surface area (Å²) >= 11 is 0. The van der Waals surface area contributed by atoms with Crippen molar-refractivity contribution >= 4 is 45.6 Å². The Morgan fingerprint density at radius 3 is 1.44 bits per heavy atom. The average molecular weight is 1110 g/mol. The van der Waals surface area contributed by atoms with Gasteiger partial charge < -0.3 is 20.1 Å². The number of nitrogens with one attached hydrogen (secondary N) is 2. The molecule has 416 valence electrons. The minimum atomic E-state index is -4.38. The molecule has 2 saturated carbocycles. The minimum absolute atomic E-state index is 0.0116. The number of halogens is 8. The van der Waals surface area contributed by atoms with E-state index >= 15 is 0 Å². The number of carbonyl (C=O) groups is 3. The van der Waals surface area contributed by atoms with Crippen LogP contribution in [0.2, 0.25) is 0 Å². The summed E-state index contributed by atoms with van der Waals surface area (Å²) < 4.78 is 119. The second kappa shape index (κ2) is 23.1. The number of nitrogens with zero attached hydrogens (tertiary/aromatic N) is 6. The molecule has 2 N–H and O–H groups in total. The topological polar surface area (TPSA) is 154 Å². The Morgan fingerprint density at radius 2 is 1.02 bits per heavy atom. The van der Waals surface area contributed by atoms with Crippen molar-refractivity contribution < 1.29 is 59.0 Å². The first-order chi connectivity index (χ1) is 38.1. The molecule has 0 bridgehead atoms. The van der Waals surface area contributed by atoms with Crippen LogP contribution >= 0.6 is 0 Å². The minimum Gasteiger partial charge on any atom is -0.494 e. The quantitative estimate of drug-likeness (QED) is 0.0554. The van der Waals surface area contributed by atoms with Crippen LogP contribution in [0.15, 0.2) is 104 Å². The van der Waals surface area contributed by atoms with E-state index in [4.69, 9.17) is 9.47 Å². The predicted molar refractivity (Wildman–Crippen MR) is 285 cm³/mol. The SMILES string of the molecule is C=C(c1ccc(OC)c(F)c1)c1cc(NCCC(F)(F)F)c2ncc(-c3ccc(C(=O)CC4CC4)c(C)c3)n2n1.COc1ccc(C(=O)c2cc(NCCC(F)(F)F)c3ncc(-c4ccc(C(=O)CC5CC5)c(C)c4)n3n2)cc1F. The monoisotopic (exact) mass is 1110 g/mol. The van der Waals surface area contributed by atoms with Crippen molar-refractivity contribution in [1.29, 1.82) is 0 Å². The first-order valence-electron chi connectivity index (χ1n) is 25.7. The van der Waals surface area contributed by atoms with Crippen LogP contribution in [-0.2, 0) is 0 Å². The van der Waals surface area contributed by atoms with Gasteiger partial charge in [-0.3, -0.25) is 14.4 Å². The van der Waals surface area contributed by atoms with Crippen LogP contribution in [0, 0.1) is 37.3 Å². The van der Waals surface area contributed by atoms with Crippen molar-refractivity contribution in [2.45, 2.75) is 77.6 Å². The first kappa shape index (κ1) is 56.2. The maximum absolute atomic E-state index is 14.4. The summed E-state index contributed by atoms with van der Waals surface area (Å²) in [6.45, 7) is 6.95. The summed E-state index contributed by atoms with van der Waals surface area (Å²) in [5, 5.41) is 14.7. The Labute approximate surface area is 454 Å². The molecular weight excluding hydrogens is 1050 g/mol. The summed E-state index contributed by atoms with van der Waals surface area (Å²) in [5.74, 6) is -0.811. The lowest BCUT2D eigenvalue weighted by molar-refractivity contribution is -0.132. The van der Waals surface area contributed by atoms with E-state index in [1.807, 2.05) is 32.0 Å². The maximum atomic E-state index is 14.4. The Balaban J connectivity index is 0.000000194. The van der Waals surface area contributed by atoms with Gasteiger partial charge in [-0.05, 0) is 123 Å². The lowest BCUT2D eigenvalue weighted by atomic mass is 9.98. The van der Waals surface area contributed by atoms with Crippen molar-refractivity contribution in [3.63, 3.8) is 0 Å². The van der Waals surface area contributed by atoms with E-state index in [2.05, 4.69) is 37.4 Å². The Kier molecular flexibility index (Phi) is 16.2. The normalized spacial score (nSPS) is 13.4. The molecule has 21 heteroatoms. The van der Waals surface area contributed by atoms with Crippen LogP contribution in [-0.4, -0.2) is 86.2 Å². The number of methoxy groups -OCH3 is 2. The van der Waals surface area contributed by atoms with Crippen molar-refractivity contribution in [3.05, 3.63) is 160 Å². The molecule has 0 saturated heterocycles. The Bertz CT molecular complexity index is 3450. The number of rotatable bonds is 20. The second-order valence-corrected chi connectivity index (χ2v) is 19.9. The smallest absolute Gasteiger partial charge is 0.390 e. The number of fused-ring (bicyclic) bond motifs is 2. The highest BCUT2D eigenvalue weighted by Gasteiger charge is 2.30. The number of ether oxygens (including phenoxy) is 2. The predicted octanol–water partition coefficient (Wildman–Crippen LogP) is 13.7. The van der Waals surface area contributed by atoms with Crippen LogP contribution in [0.3, 0.4) is 0 Å². The van der Waals surface area contributed by atoms with Gasteiger partial charge in [-0.2, -0.15) is 36.5 Å². The molecule has 0 atom stereocenters. The number of Topliss-reactive ketones (excluding diaryl/α,β-unsaturated/α-hetero) is 2. The lowest BCUT2D eigenvalue weighted by Crippen LogP contribution is -2.16. The van der Waals surface area contributed by atoms with Gasteiger partial charge in [0, 0.05) is 59.3 Å². The number of ketones is 3. The van der Waals surface area contributed by atoms with Crippen molar-refractivity contribution in [1.82, 2.24) is 29.2 Å². The molecule has 4 heterocycles. The number of hydrogen-bond donors (Lipinski definition) is 2. The largest absolute Gasteiger partial charge is 0.494 e. The molecule has 2 aliphatic carbocycles. The Hall–Kier alpha value is -8.49. The number of hydrogen-bond acceptors (Lipinski definition) is 11. The van der Waals surface area contributed by atoms with E-state index in [1.165, 1.54) is 59.8 Å². The molecule has 8 aromatic rings. The zero-order valence-electron chi connectivity index (χ0n) is 43.9. The van der Waals surface area contributed by atoms with Gasteiger partial charge >= 0.3 is 12.4 Å². The number of imidazole rings is 2. The molecule has 0 amide bonds. The molecule has 4 aromatic carbocycles. The molecule has 0 spiro atoms. The van der Waals surface area contributed by atoms with Gasteiger partial charge in [0.25, 0.3) is 0 Å². The molecule has 80 heavy (non-hydrogen) atoms. The lowest BCUT2D eigenvalue weighted by Gasteiger charge is -2.14. The van der Waals surface area contributed by atoms with Crippen LogP contribution in [0.4, 0.5) is 46.5 Å². The van der Waals surface area contributed by atoms with Crippen LogP contribution < -0.4 is 20.1 Å². The van der Waals surface area contributed by atoms with E-state index in [9.17, 15) is 49.5 Å². The maximum Gasteiger partial charge on any atom is 0.390 e. The van der Waals surface area contributed by atoms with E-state index in [0.29, 0.717) is 80.9 Å². The van der Waals surface area contributed by atoms with E-state index in [1.54, 1.807) is 36.5 Å². The molecule has 2 aliphatic rings. The highest BCUT2D eigenvalue weighted by molar-refractivity contribution is 6.08. The third-order valence-electron chi connectivity index (χ3n) is 13.8. The number of carbonyl (C=O) groups excluding carboxylic acids is 3. The fraction of sp³-hybridized carbons (Fsp3) is 0.305. The molecule has 0 radical (unpaired) electrons. The van der Waals surface area contributed by atoms with E-state index < -0.39 is 49.2 Å². The van der Waals surface area contributed by atoms with Gasteiger partial charge in [-0.25, -0.2) is 27.8 Å². The van der Waals surface area contributed by atoms with Crippen LogP contribution in [0.1, 0.15) is 111 Å². The van der Waals surface area contributed by atoms with Crippen LogP contribution in [0.5, 0.6) is 11.5 Å². The number of anilines is 2. The summed E-state index contributed by atoms with van der Waals surface area (Å²) in [6, 6.07) is 21.7. The molecule has 4 aromatic heterocycles. The van der Waals surface area contributed by atoms with E-state index in [0.717, 1.165) is 48.4 Å². The number of alkyl halides is 6. The summed E-state index contributed by atoms with van der Waals surface area (Å²) in [7, 11) is 2.66. The first-order valence-corrected chi connectivity index (χ1v) is 25.7. The Morgan fingerprint density at radius 1 is 0.600 bits per heavy atom. The molecular formula is C59H54F8N8O5. The zero-order valence-corrected chi connectivity index (χ0v) is 43.9. The summed E-state index contributed by atoms with van der Waals surface area (Å²) in [5.41, 5.74) is 7.30. The molecule has 0 unspecified atom stereocenters. The zero-order chi connectivity index (χ0) is 57.2.